The van der Waals surface area contributed by atoms with Gasteiger partial charge in [-0.2, -0.15) is 0 Å². The van der Waals surface area contributed by atoms with Gasteiger partial charge in [0.15, 0.2) is 0 Å². The molecule has 0 amide bonds. The second-order valence-electron chi connectivity index (χ2n) is 6.01. The number of rotatable bonds is 6. The fraction of sp³-hybridized carbons (Fsp3) is 0.667. The van der Waals surface area contributed by atoms with Gasteiger partial charge in [-0.1, -0.05) is 18.9 Å². The Kier molecular flexibility index (Phi) is 3.63. The molecule has 2 saturated carbocycles. The van der Waals surface area contributed by atoms with Gasteiger partial charge in [-0.15, -0.1) is 11.3 Å². The molecule has 0 saturated heterocycles. The standard InChI is InChI=1S/C15H21NO2S/c17-14(18)15(7-1-2-8-15)11-16(12-5-6-12)10-13-4-3-9-19-13/h3-4,9,12H,1-2,5-8,10-11H2,(H,17,18). The summed E-state index contributed by atoms with van der Waals surface area (Å²) in [5, 5.41) is 11.7. The maximum atomic E-state index is 11.7. The molecule has 2 aliphatic carbocycles. The van der Waals surface area contributed by atoms with Crippen molar-refractivity contribution in [3.05, 3.63) is 22.4 Å². The van der Waals surface area contributed by atoms with E-state index in [9.17, 15) is 9.90 Å². The third-order valence-electron chi connectivity index (χ3n) is 4.52. The lowest BCUT2D eigenvalue weighted by Gasteiger charge is -2.32. The molecule has 1 heterocycles. The molecule has 0 bridgehead atoms. The second kappa shape index (κ2) is 5.25. The van der Waals surface area contributed by atoms with Gasteiger partial charge < -0.3 is 5.11 Å². The van der Waals surface area contributed by atoms with Gasteiger partial charge in [0.2, 0.25) is 0 Å². The van der Waals surface area contributed by atoms with Crippen LogP contribution in [0, 0.1) is 5.41 Å². The summed E-state index contributed by atoms with van der Waals surface area (Å²) < 4.78 is 0. The molecule has 2 fully saturated rings. The van der Waals surface area contributed by atoms with Crippen LogP contribution in [0.2, 0.25) is 0 Å². The van der Waals surface area contributed by atoms with Crippen LogP contribution in [0.5, 0.6) is 0 Å². The molecular formula is C15H21NO2S. The Hall–Kier alpha value is -0.870. The van der Waals surface area contributed by atoms with Crippen LogP contribution in [0.3, 0.4) is 0 Å². The van der Waals surface area contributed by atoms with Crippen LogP contribution < -0.4 is 0 Å². The van der Waals surface area contributed by atoms with Crippen LogP contribution in [-0.4, -0.2) is 28.6 Å². The summed E-state index contributed by atoms with van der Waals surface area (Å²) in [7, 11) is 0. The number of hydrogen-bond acceptors (Lipinski definition) is 3. The van der Waals surface area contributed by atoms with Crippen molar-refractivity contribution in [1.82, 2.24) is 4.90 Å². The number of hydrogen-bond donors (Lipinski definition) is 1. The Morgan fingerprint density at radius 2 is 2.16 bits per heavy atom. The molecule has 0 radical (unpaired) electrons. The Morgan fingerprint density at radius 1 is 1.42 bits per heavy atom. The highest BCUT2D eigenvalue weighted by Crippen LogP contribution is 2.42. The number of carboxylic acids is 1. The van der Waals surface area contributed by atoms with Crippen molar-refractivity contribution < 1.29 is 9.90 Å². The number of carbonyl (C=O) groups is 1. The van der Waals surface area contributed by atoms with Gasteiger partial charge in [-0.05, 0) is 37.1 Å². The van der Waals surface area contributed by atoms with Crippen molar-refractivity contribution >= 4 is 17.3 Å². The molecule has 0 aliphatic heterocycles. The minimum absolute atomic E-state index is 0.472. The van der Waals surface area contributed by atoms with Crippen molar-refractivity contribution in [2.75, 3.05) is 6.54 Å². The summed E-state index contributed by atoms with van der Waals surface area (Å²) in [4.78, 5) is 15.5. The van der Waals surface area contributed by atoms with Crippen LogP contribution in [0.25, 0.3) is 0 Å². The summed E-state index contributed by atoms with van der Waals surface area (Å²) >= 11 is 1.77. The van der Waals surface area contributed by atoms with E-state index in [0.717, 1.165) is 38.8 Å². The van der Waals surface area contributed by atoms with Gasteiger partial charge in [0.05, 0.1) is 5.41 Å². The van der Waals surface area contributed by atoms with E-state index in [1.54, 1.807) is 11.3 Å². The monoisotopic (exact) mass is 279 g/mol. The largest absolute Gasteiger partial charge is 0.481 e. The van der Waals surface area contributed by atoms with Crippen LogP contribution in [0.1, 0.15) is 43.4 Å². The molecule has 1 aromatic heterocycles. The van der Waals surface area contributed by atoms with Gasteiger partial charge in [0, 0.05) is 24.0 Å². The van der Waals surface area contributed by atoms with Crippen molar-refractivity contribution in [2.45, 2.75) is 51.1 Å². The number of nitrogens with zero attached hydrogens (tertiary/aromatic N) is 1. The van der Waals surface area contributed by atoms with E-state index < -0.39 is 11.4 Å². The first-order valence-corrected chi connectivity index (χ1v) is 8.07. The summed E-state index contributed by atoms with van der Waals surface area (Å²) in [5.41, 5.74) is -0.472. The van der Waals surface area contributed by atoms with Crippen molar-refractivity contribution in [1.29, 1.82) is 0 Å². The summed E-state index contributed by atoms with van der Waals surface area (Å²) in [6.45, 7) is 1.67. The minimum atomic E-state index is -0.582. The predicted octanol–water partition coefficient (Wildman–Crippen LogP) is 3.36. The highest BCUT2D eigenvalue weighted by atomic mass is 32.1. The maximum absolute atomic E-state index is 11.7. The summed E-state index contributed by atoms with van der Waals surface area (Å²) in [6.07, 6.45) is 6.34. The Morgan fingerprint density at radius 3 is 2.68 bits per heavy atom. The summed E-state index contributed by atoms with van der Waals surface area (Å²) in [6, 6.07) is 4.86. The SMILES string of the molecule is O=C(O)C1(CN(Cc2cccs2)C2CC2)CCCC1. The zero-order chi connectivity index (χ0) is 13.3. The number of carboxylic acid groups (broad SMARTS) is 1. The topological polar surface area (TPSA) is 40.5 Å². The first-order valence-electron chi connectivity index (χ1n) is 7.19. The van der Waals surface area contributed by atoms with Gasteiger partial charge in [-0.25, -0.2) is 0 Å². The highest BCUT2D eigenvalue weighted by molar-refractivity contribution is 7.09. The van der Waals surface area contributed by atoms with Gasteiger partial charge in [-0.3, -0.25) is 9.69 Å². The fourth-order valence-electron chi connectivity index (χ4n) is 3.24. The molecule has 1 aromatic rings. The minimum Gasteiger partial charge on any atom is -0.481 e. The summed E-state index contributed by atoms with van der Waals surface area (Å²) in [5.74, 6) is -0.582. The zero-order valence-corrected chi connectivity index (χ0v) is 12.0. The molecular weight excluding hydrogens is 258 g/mol. The lowest BCUT2D eigenvalue weighted by molar-refractivity contribution is -0.150. The van der Waals surface area contributed by atoms with Gasteiger partial charge >= 0.3 is 5.97 Å². The van der Waals surface area contributed by atoms with E-state index in [0.29, 0.717) is 6.04 Å². The zero-order valence-electron chi connectivity index (χ0n) is 11.2. The molecule has 1 N–H and O–H groups in total. The highest BCUT2D eigenvalue weighted by Gasteiger charge is 2.44. The first kappa shape index (κ1) is 13.1. The van der Waals surface area contributed by atoms with Crippen molar-refractivity contribution in [3.63, 3.8) is 0 Å². The molecule has 0 aromatic carbocycles. The lowest BCUT2D eigenvalue weighted by Crippen LogP contribution is -2.42. The molecule has 19 heavy (non-hydrogen) atoms. The third-order valence-corrected chi connectivity index (χ3v) is 5.38. The van der Waals surface area contributed by atoms with E-state index in [-0.39, 0.29) is 0 Å². The van der Waals surface area contributed by atoms with Crippen LogP contribution >= 0.6 is 11.3 Å². The molecule has 2 aliphatic rings. The van der Waals surface area contributed by atoms with Crippen molar-refractivity contribution in [3.8, 4) is 0 Å². The smallest absolute Gasteiger partial charge is 0.310 e. The Bertz CT molecular complexity index is 433. The van der Waals surface area contributed by atoms with Gasteiger partial charge in [0.1, 0.15) is 0 Å². The predicted molar refractivity (Wildman–Crippen MR) is 76.3 cm³/mol. The third kappa shape index (κ3) is 2.84. The molecule has 3 rings (SSSR count). The Labute approximate surface area is 118 Å². The molecule has 104 valence electrons. The molecule has 3 nitrogen and oxygen atoms in total. The van der Waals surface area contributed by atoms with Crippen LogP contribution in [0.15, 0.2) is 17.5 Å². The average Bonchev–Trinajstić information content (AvgIpc) is 2.90. The van der Waals surface area contributed by atoms with E-state index in [2.05, 4.69) is 22.4 Å². The normalized spacial score (nSPS) is 21.9. The van der Waals surface area contributed by atoms with E-state index in [1.807, 2.05) is 0 Å². The van der Waals surface area contributed by atoms with Crippen LogP contribution in [0.4, 0.5) is 0 Å². The molecule has 0 spiro atoms. The first-order chi connectivity index (χ1) is 9.20. The average molecular weight is 279 g/mol. The number of aliphatic carboxylic acids is 1. The molecule has 0 atom stereocenters. The molecule has 0 unspecified atom stereocenters. The van der Waals surface area contributed by atoms with Gasteiger partial charge in [0.25, 0.3) is 0 Å². The van der Waals surface area contributed by atoms with E-state index in [4.69, 9.17) is 0 Å². The second-order valence-corrected chi connectivity index (χ2v) is 7.04. The number of thiophene rings is 1. The van der Waals surface area contributed by atoms with E-state index in [1.165, 1.54) is 17.7 Å². The quantitative estimate of drug-likeness (QED) is 0.868. The lowest BCUT2D eigenvalue weighted by atomic mass is 9.85. The van der Waals surface area contributed by atoms with E-state index >= 15 is 0 Å². The maximum Gasteiger partial charge on any atom is 0.310 e. The van der Waals surface area contributed by atoms with Crippen molar-refractivity contribution in [2.24, 2.45) is 5.41 Å². The van der Waals surface area contributed by atoms with Crippen LogP contribution in [-0.2, 0) is 11.3 Å². The molecule has 4 heteroatoms. The fourth-order valence-corrected chi connectivity index (χ4v) is 3.97. The Balaban J connectivity index is 1.71.